The molecule has 0 saturated carbocycles. The number of aryl methyl sites for hydroxylation is 1. The van der Waals surface area contributed by atoms with Crippen molar-refractivity contribution in [2.75, 3.05) is 13.3 Å². The van der Waals surface area contributed by atoms with E-state index in [2.05, 4.69) is 10.3 Å². The van der Waals surface area contributed by atoms with Gasteiger partial charge in [-0.3, -0.25) is 4.79 Å². The van der Waals surface area contributed by atoms with Gasteiger partial charge >= 0.3 is 0 Å². The Hall–Kier alpha value is -3.15. The lowest BCUT2D eigenvalue weighted by molar-refractivity contribution is 0.0951. The highest BCUT2D eigenvalue weighted by atomic mass is 16.7. The van der Waals surface area contributed by atoms with E-state index in [1.54, 1.807) is 18.2 Å². The van der Waals surface area contributed by atoms with Gasteiger partial charge in [-0.05, 0) is 42.7 Å². The first-order chi connectivity index (χ1) is 12.1. The Morgan fingerprint density at radius 2 is 2.04 bits per heavy atom. The minimum absolute atomic E-state index is 0.00249. The van der Waals surface area contributed by atoms with Crippen LogP contribution >= 0.6 is 0 Å². The van der Waals surface area contributed by atoms with E-state index in [9.17, 15) is 9.90 Å². The van der Waals surface area contributed by atoms with Crippen molar-refractivity contribution >= 4 is 16.8 Å². The van der Waals surface area contributed by atoms with Crippen molar-refractivity contribution < 1.29 is 19.4 Å². The molecule has 1 aliphatic heterocycles. The summed E-state index contributed by atoms with van der Waals surface area (Å²) in [6.45, 7) is 2.57. The SMILES string of the molecule is Cc1ccc(C(=O)NCCc2c[nH]c3cc4c(cc23)OCO4)c(O)c1. The summed E-state index contributed by atoms with van der Waals surface area (Å²) in [6, 6.07) is 8.89. The lowest BCUT2D eigenvalue weighted by Gasteiger charge is -2.07. The molecule has 3 N–H and O–H groups in total. The number of hydrogen-bond acceptors (Lipinski definition) is 4. The van der Waals surface area contributed by atoms with E-state index in [1.807, 2.05) is 25.3 Å². The highest BCUT2D eigenvalue weighted by molar-refractivity contribution is 5.97. The lowest BCUT2D eigenvalue weighted by atomic mass is 10.1. The second kappa shape index (κ2) is 6.05. The molecule has 2 heterocycles. The number of nitrogens with one attached hydrogen (secondary N) is 2. The van der Waals surface area contributed by atoms with Gasteiger partial charge in [0, 0.05) is 29.7 Å². The standard InChI is InChI=1S/C19H18N2O4/c1-11-2-3-13(16(22)6-11)19(23)20-5-4-12-9-21-15-8-18-17(7-14(12)15)24-10-25-18/h2-3,6-9,21-22H,4-5,10H2,1H3,(H,20,23). The number of rotatable bonds is 4. The second-order valence-electron chi connectivity index (χ2n) is 6.09. The number of phenols is 1. The number of carbonyl (C=O) groups is 1. The Labute approximate surface area is 144 Å². The highest BCUT2D eigenvalue weighted by Gasteiger charge is 2.17. The van der Waals surface area contributed by atoms with Crippen LogP contribution in [0.4, 0.5) is 0 Å². The van der Waals surface area contributed by atoms with Gasteiger partial charge in [0.2, 0.25) is 6.79 Å². The van der Waals surface area contributed by atoms with Crippen LogP contribution in [-0.4, -0.2) is 29.3 Å². The topological polar surface area (TPSA) is 83.6 Å². The molecule has 1 amide bonds. The molecule has 0 aliphatic carbocycles. The number of hydrogen-bond donors (Lipinski definition) is 3. The summed E-state index contributed by atoms with van der Waals surface area (Å²) in [5.74, 6) is 1.19. The Morgan fingerprint density at radius 1 is 1.24 bits per heavy atom. The monoisotopic (exact) mass is 338 g/mol. The molecule has 6 nitrogen and oxygen atoms in total. The maximum Gasteiger partial charge on any atom is 0.255 e. The van der Waals surface area contributed by atoms with E-state index in [-0.39, 0.29) is 24.0 Å². The first kappa shape index (κ1) is 15.4. The third kappa shape index (κ3) is 2.87. The molecule has 1 aliphatic rings. The van der Waals surface area contributed by atoms with Crippen LogP contribution in [0.2, 0.25) is 0 Å². The maximum absolute atomic E-state index is 12.2. The minimum atomic E-state index is -0.282. The van der Waals surface area contributed by atoms with E-state index in [0.717, 1.165) is 33.5 Å². The number of aromatic hydroxyl groups is 1. The molecule has 0 fully saturated rings. The van der Waals surface area contributed by atoms with Gasteiger partial charge in [0.1, 0.15) is 5.75 Å². The van der Waals surface area contributed by atoms with Crippen LogP contribution in [0.25, 0.3) is 10.9 Å². The zero-order valence-corrected chi connectivity index (χ0v) is 13.8. The maximum atomic E-state index is 12.2. The molecule has 0 radical (unpaired) electrons. The molecule has 0 saturated heterocycles. The van der Waals surface area contributed by atoms with Gasteiger partial charge in [-0.15, -0.1) is 0 Å². The summed E-state index contributed by atoms with van der Waals surface area (Å²) in [5, 5.41) is 13.8. The van der Waals surface area contributed by atoms with Gasteiger partial charge in [0.25, 0.3) is 5.91 Å². The van der Waals surface area contributed by atoms with Crippen molar-refractivity contribution in [2.24, 2.45) is 0 Å². The number of H-pyrrole nitrogens is 1. The predicted octanol–water partition coefficient (Wildman–Crippen LogP) is 2.88. The second-order valence-corrected chi connectivity index (χ2v) is 6.09. The van der Waals surface area contributed by atoms with Gasteiger partial charge in [-0.25, -0.2) is 0 Å². The van der Waals surface area contributed by atoms with Crippen LogP contribution in [0, 0.1) is 6.92 Å². The van der Waals surface area contributed by atoms with E-state index < -0.39 is 0 Å². The normalized spacial score (nSPS) is 12.5. The van der Waals surface area contributed by atoms with Crippen LogP contribution < -0.4 is 14.8 Å². The van der Waals surface area contributed by atoms with Gasteiger partial charge in [-0.1, -0.05) is 6.07 Å². The molecule has 25 heavy (non-hydrogen) atoms. The third-order valence-electron chi connectivity index (χ3n) is 4.34. The van der Waals surface area contributed by atoms with Crippen LogP contribution in [0.5, 0.6) is 17.2 Å². The van der Waals surface area contributed by atoms with Crippen molar-refractivity contribution in [2.45, 2.75) is 13.3 Å². The lowest BCUT2D eigenvalue weighted by Crippen LogP contribution is -2.25. The highest BCUT2D eigenvalue weighted by Crippen LogP contribution is 2.36. The van der Waals surface area contributed by atoms with Crippen LogP contribution in [0.1, 0.15) is 21.5 Å². The van der Waals surface area contributed by atoms with Crippen molar-refractivity contribution in [1.82, 2.24) is 10.3 Å². The zero-order chi connectivity index (χ0) is 17.4. The predicted molar refractivity (Wildman–Crippen MR) is 93.3 cm³/mol. The summed E-state index contributed by atoms with van der Waals surface area (Å²) in [5.41, 5.74) is 3.25. The van der Waals surface area contributed by atoms with E-state index in [0.29, 0.717) is 13.0 Å². The number of carbonyl (C=O) groups excluding carboxylic acids is 1. The van der Waals surface area contributed by atoms with Crippen LogP contribution in [0.15, 0.2) is 36.5 Å². The number of aromatic nitrogens is 1. The van der Waals surface area contributed by atoms with E-state index in [4.69, 9.17) is 9.47 Å². The molecule has 128 valence electrons. The molecule has 2 aromatic carbocycles. The molecule has 3 aromatic rings. The molecule has 1 aromatic heterocycles. The molecular formula is C19H18N2O4. The van der Waals surface area contributed by atoms with Crippen molar-refractivity contribution in [1.29, 1.82) is 0 Å². The summed E-state index contributed by atoms with van der Waals surface area (Å²) in [6.07, 6.45) is 2.59. The number of phenolic OH excluding ortho intramolecular Hbond substituents is 1. The van der Waals surface area contributed by atoms with Gasteiger partial charge in [0.15, 0.2) is 11.5 Å². The van der Waals surface area contributed by atoms with E-state index in [1.165, 1.54) is 0 Å². The smallest absolute Gasteiger partial charge is 0.255 e. The average Bonchev–Trinajstić information content (AvgIpc) is 3.19. The fourth-order valence-electron chi connectivity index (χ4n) is 3.02. The number of amides is 1. The average molecular weight is 338 g/mol. The zero-order valence-electron chi connectivity index (χ0n) is 13.8. The fourth-order valence-corrected chi connectivity index (χ4v) is 3.02. The third-order valence-corrected chi connectivity index (χ3v) is 4.34. The first-order valence-electron chi connectivity index (χ1n) is 8.09. The number of aromatic amines is 1. The Kier molecular flexibility index (Phi) is 3.72. The Bertz CT molecular complexity index is 961. The minimum Gasteiger partial charge on any atom is -0.507 e. The van der Waals surface area contributed by atoms with Gasteiger partial charge < -0.3 is 24.9 Å². The molecule has 0 atom stereocenters. The first-order valence-corrected chi connectivity index (χ1v) is 8.09. The van der Waals surface area contributed by atoms with Gasteiger partial charge in [-0.2, -0.15) is 0 Å². The van der Waals surface area contributed by atoms with Crippen molar-refractivity contribution in [3.63, 3.8) is 0 Å². The summed E-state index contributed by atoms with van der Waals surface area (Å²) < 4.78 is 10.8. The van der Waals surface area contributed by atoms with Gasteiger partial charge in [0.05, 0.1) is 5.56 Å². The summed E-state index contributed by atoms with van der Waals surface area (Å²) in [7, 11) is 0. The molecule has 6 heteroatoms. The number of benzene rings is 2. The largest absolute Gasteiger partial charge is 0.507 e. The molecule has 4 rings (SSSR count). The number of ether oxygens (including phenoxy) is 2. The summed E-state index contributed by atoms with van der Waals surface area (Å²) >= 11 is 0. The summed E-state index contributed by atoms with van der Waals surface area (Å²) in [4.78, 5) is 15.4. The van der Waals surface area contributed by atoms with Crippen LogP contribution in [-0.2, 0) is 6.42 Å². The molecule has 0 bridgehead atoms. The van der Waals surface area contributed by atoms with E-state index >= 15 is 0 Å². The Morgan fingerprint density at radius 3 is 2.84 bits per heavy atom. The fraction of sp³-hybridized carbons (Fsp3) is 0.211. The molecule has 0 spiro atoms. The van der Waals surface area contributed by atoms with Crippen molar-refractivity contribution in [3.8, 4) is 17.2 Å². The molecule has 0 unspecified atom stereocenters. The Balaban J connectivity index is 1.45. The quantitative estimate of drug-likeness (QED) is 0.683. The van der Waals surface area contributed by atoms with Crippen LogP contribution in [0.3, 0.4) is 0 Å². The number of fused-ring (bicyclic) bond motifs is 2. The van der Waals surface area contributed by atoms with Crippen molar-refractivity contribution in [3.05, 3.63) is 53.2 Å². The molecular weight excluding hydrogens is 320 g/mol.